The molecule has 9 nitrogen and oxygen atoms in total. The Balaban J connectivity index is 1.89. The first-order valence-corrected chi connectivity index (χ1v) is 13.7. The van der Waals surface area contributed by atoms with Crippen LogP contribution in [-0.2, 0) is 22.5 Å². The molecule has 1 aromatic heterocycles. The number of aromatic nitrogens is 2. The smallest absolute Gasteiger partial charge is 0.266 e. The van der Waals surface area contributed by atoms with E-state index in [2.05, 4.69) is 29.0 Å². The zero-order valence-corrected chi connectivity index (χ0v) is 22.7. The van der Waals surface area contributed by atoms with Crippen LogP contribution < -0.4 is 15.2 Å². The zero-order valence-electron chi connectivity index (χ0n) is 21.1. The van der Waals surface area contributed by atoms with Gasteiger partial charge in [-0.05, 0) is 55.8 Å². The monoisotopic (exact) mass is 547 g/mol. The van der Waals surface area contributed by atoms with Crippen LogP contribution in [-0.4, -0.2) is 31.8 Å². The number of para-hydroxylation sites is 2. The van der Waals surface area contributed by atoms with Gasteiger partial charge in [-0.25, -0.2) is 5.26 Å². The van der Waals surface area contributed by atoms with Gasteiger partial charge in [-0.3, -0.25) is 13.9 Å². The maximum Gasteiger partial charge on any atom is 0.266 e. The molecule has 200 valence electrons. The molecule has 0 atom stereocenters. The second kappa shape index (κ2) is 14.8. The maximum absolute atomic E-state index is 13.1. The molecule has 0 spiro atoms. The van der Waals surface area contributed by atoms with Crippen LogP contribution in [0.2, 0.25) is 0 Å². The molecule has 2 N–H and O–H groups in total. The van der Waals surface area contributed by atoms with Crippen molar-refractivity contribution in [2.24, 2.45) is 0 Å². The molecule has 0 radical (unpaired) electrons. The highest BCUT2D eigenvalue weighted by molar-refractivity contribution is 7.94. The Labute approximate surface area is 226 Å². The lowest BCUT2D eigenvalue weighted by Gasteiger charge is -2.17. The third-order valence-corrected chi connectivity index (χ3v) is 6.83. The lowest BCUT2D eigenvalue weighted by atomic mass is 10.2. The topological polar surface area (TPSA) is 98.3 Å². The summed E-state index contributed by atoms with van der Waals surface area (Å²) in [5.74, 6) is 1.81. The lowest BCUT2D eigenvalue weighted by molar-refractivity contribution is -0.432. The quantitative estimate of drug-likeness (QED) is 0.0731. The number of allylic oxidation sites excluding steroid dienone is 2. The first-order chi connectivity index (χ1) is 18.0. The standard InChI is InChI=1S/C26H33N3O6S2/c1-3-5-16-28-24(30)20(25(31)29(26(28)36)17-6-4-2)12-7-10-15-23-27(18-11-19-37-35-34-32)21-13-8-9-14-22(21)33-23/h8-10,12-15,30,32H,3-6,11,16-19H2,1-2H3. The van der Waals surface area contributed by atoms with Gasteiger partial charge in [0.2, 0.25) is 11.8 Å². The van der Waals surface area contributed by atoms with E-state index in [1.807, 2.05) is 29.2 Å². The van der Waals surface area contributed by atoms with Crippen LogP contribution >= 0.6 is 24.3 Å². The van der Waals surface area contributed by atoms with Crippen molar-refractivity contribution in [3.8, 4) is 11.6 Å². The summed E-state index contributed by atoms with van der Waals surface area (Å²) in [6, 6.07) is 7.70. The largest absolute Gasteiger partial charge is 0.494 e. The van der Waals surface area contributed by atoms with Gasteiger partial charge in [0.1, 0.15) is 5.56 Å². The molecule has 0 saturated carbocycles. The van der Waals surface area contributed by atoms with Crippen LogP contribution in [0.5, 0.6) is 11.6 Å². The Bertz CT molecular complexity index is 1260. The minimum absolute atomic E-state index is 0.137. The van der Waals surface area contributed by atoms with Gasteiger partial charge in [0.05, 0.1) is 5.69 Å². The molecule has 0 saturated heterocycles. The van der Waals surface area contributed by atoms with Crippen molar-refractivity contribution >= 4 is 36.0 Å². The number of nitrogens with zero attached hydrogens (tertiary/aromatic N) is 3. The number of hydrogen-bond acceptors (Lipinski definition) is 9. The summed E-state index contributed by atoms with van der Waals surface area (Å²) < 4.78 is 14.0. The number of aromatic hydroxyl groups is 1. The molecule has 1 aliphatic rings. The summed E-state index contributed by atoms with van der Waals surface area (Å²) in [6.45, 7) is 5.80. The second-order valence-corrected chi connectivity index (χ2v) is 9.50. The summed E-state index contributed by atoms with van der Waals surface area (Å²) >= 11 is 6.54. The van der Waals surface area contributed by atoms with Crippen molar-refractivity contribution in [2.45, 2.75) is 59.0 Å². The molecule has 2 aromatic rings. The average Bonchev–Trinajstić information content (AvgIpc) is 3.25. The molecule has 0 fully saturated rings. The summed E-state index contributed by atoms with van der Waals surface area (Å²) in [7, 11) is 0. The molecular weight excluding hydrogens is 514 g/mol. The number of ether oxygens (including phenoxy) is 1. The van der Waals surface area contributed by atoms with Crippen LogP contribution in [0.1, 0.15) is 51.5 Å². The van der Waals surface area contributed by atoms with Crippen molar-refractivity contribution in [1.29, 1.82) is 0 Å². The molecule has 1 aliphatic heterocycles. The molecule has 37 heavy (non-hydrogen) atoms. The zero-order chi connectivity index (χ0) is 26.6. The van der Waals surface area contributed by atoms with Gasteiger partial charge >= 0.3 is 0 Å². The maximum atomic E-state index is 13.1. The van der Waals surface area contributed by atoms with E-state index in [4.69, 9.17) is 22.2 Å². The minimum atomic E-state index is -0.324. The summed E-state index contributed by atoms with van der Waals surface area (Å²) in [5.41, 5.74) is 3.77. The molecule has 3 rings (SSSR count). The van der Waals surface area contributed by atoms with Crippen LogP contribution in [0.15, 0.2) is 52.8 Å². The van der Waals surface area contributed by atoms with E-state index in [9.17, 15) is 9.90 Å². The molecule has 0 aliphatic carbocycles. The summed E-state index contributed by atoms with van der Waals surface area (Å²) in [6.07, 6.45) is 9.16. The van der Waals surface area contributed by atoms with E-state index in [1.165, 1.54) is 6.08 Å². The van der Waals surface area contributed by atoms with Crippen LogP contribution in [0, 0.1) is 4.77 Å². The molecule has 0 unspecified atom stereocenters. The van der Waals surface area contributed by atoms with Gasteiger partial charge in [-0.15, -0.1) is 10.1 Å². The van der Waals surface area contributed by atoms with Crippen molar-refractivity contribution in [3.05, 3.63) is 68.7 Å². The number of benzene rings is 1. The molecule has 0 bridgehead atoms. The first-order valence-electron chi connectivity index (χ1n) is 12.4. The Morgan fingerprint density at radius 2 is 1.84 bits per heavy atom. The SMILES string of the molecule is CCCCn1c(O)c(C=C=CC=C2Oc3ccccc3N2CCCSOOO)c(=O)n(CCCC)c1=S. The Morgan fingerprint density at radius 3 is 2.57 bits per heavy atom. The summed E-state index contributed by atoms with van der Waals surface area (Å²) in [4.78, 5) is 15.2. The number of unbranched alkanes of at least 4 members (excludes halogenated alkanes) is 2. The first kappa shape index (κ1) is 28.8. The van der Waals surface area contributed by atoms with E-state index in [-0.39, 0.29) is 17.0 Å². The Kier molecular flexibility index (Phi) is 11.5. The van der Waals surface area contributed by atoms with Gasteiger partial charge in [0.25, 0.3) is 5.56 Å². The van der Waals surface area contributed by atoms with E-state index in [0.717, 1.165) is 55.6 Å². The number of rotatable bonds is 14. The fourth-order valence-corrected chi connectivity index (χ4v) is 4.57. The Morgan fingerprint density at radius 1 is 1.11 bits per heavy atom. The van der Waals surface area contributed by atoms with Gasteiger partial charge < -0.3 is 14.7 Å². The number of anilines is 1. The highest BCUT2D eigenvalue weighted by Crippen LogP contribution is 2.38. The lowest BCUT2D eigenvalue weighted by Crippen LogP contribution is -2.27. The van der Waals surface area contributed by atoms with E-state index < -0.39 is 0 Å². The molecule has 2 heterocycles. The van der Waals surface area contributed by atoms with Crippen LogP contribution in [0.25, 0.3) is 6.08 Å². The molecule has 1 aromatic carbocycles. The van der Waals surface area contributed by atoms with Crippen LogP contribution in [0.4, 0.5) is 5.69 Å². The van der Waals surface area contributed by atoms with Gasteiger partial charge in [0.15, 0.2) is 10.5 Å². The van der Waals surface area contributed by atoms with Gasteiger partial charge in [0, 0.05) is 43.5 Å². The average molecular weight is 548 g/mol. The number of fused-ring (bicyclic) bond motifs is 1. The fraction of sp³-hybridized carbons (Fsp3) is 0.423. The van der Waals surface area contributed by atoms with E-state index in [1.54, 1.807) is 21.3 Å². The van der Waals surface area contributed by atoms with Crippen molar-refractivity contribution < 1.29 is 24.5 Å². The van der Waals surface area contributed by atoms with E-state index >= 15 is 0 Å². The van der Waals surface area contributed by atoms with Gasteiger partial charge in [-0.1, -0.05) is 43.9 Å². The van der Waals surface area contributed by atoms with E-state index in [0.29, 0.717) is 36.0 Å². The predicted octanol–water partition coefficient (Wildman–Crippen LogP) is 6.05. The third-order valence-electron chi connectivity index (χ3n) is 5.78. The van der Waals surface area contributed by atoms with Crippen molar-refractivity contribution in [1.82, 2.24) is 9.13 Å². The Hall–Kier alpha value is -2.79. The second-order valence-electron chi connectivity index (χ2n) is 8.36. The normalized spacial score (nSPS) is 13.4. The van der Waals surface area contributed by atoms with Crippen molar-refractivity contribution in [2.75, 3.05) is 17.2 Å². The fourth-order valence-electron chi connectivity index (χ4n) is 3.86. The molecular formula is C26H33N3O6S2. The highest BCUT2D eigenvalue weighted by Gasteiger charge is 2.24. The molecule has 11 heteroatoms. The molecule has 0 amide bonds. The van der Waals surface area contributed by atoms with Crippen LogP contribution in [0.3, 0.4) is 0 Å². The summed E-state index contributed by atoms with van der Waals surface area (Å²) in [5, 5.41) is 22.8. The third kappa shape index (κ3) is 7.38. The minimum Gasteiger partial charge on any atom is -0.494 e. The highest BCUT2D eigenvalue weighted by atomic mass is 32.2. The van der Waals surface area contributed by atoms with Crippen molar-refractivity contribution in [3.63, 3.8) is 0 Å². The predicted molar refractivity (Wildman–Crippen MR) is 148 cm³/mol. The number of hydrogen-bond donors (Lipinski definition) is 2. The van der Waals surface area contributed by atoms with Gasteiger partial charge in [-0.2, -0.15) is 0 Å².